The van der Waals surface area contributed by atoms with E-state index >= 15 is 0 Å². The standard InChI is InChI=1S/C20H20N4OS/c1-11-9-12(2)16(13(3)10-11)18-21-15-8-6-5-7-14(15)17-19(25-18)22-20(26-4)24-23-17/h5-10,18,21H,1-4H3. The van der Waals surface area contributed by atoms with Crippen LogP contribution in [0.5, 0.6) is 5.88 Å². The molecule has 1 N–H and O–H groups in total. The zero-order valence-electron chi connectivity index (χ0n) is 15.2. The van der Waals surface area contributed by atoms with E-state index in [1.54, 1.807) is 0 Å². The molecule has 5 nitrogen and oxygen atoms in total. The third-order valence-electron chi connectivity index (χ3n) is 4.52. The first-order valence-electron chi connectivity index (χ1n) is 8.46. The van der Waals surface area contributed by atoms with Crippen LogP contribution in [-0.4, -0.2) is 21.4 Å². The molecule has 1 aromatic heterocycles. The summed E-state index contributed by atoms with van der Waals surface area (Å²) in [6.45, 7) is 6.34. The Balaban J connectivity index is 1.90. The molecule has 0 spiro atoms. The number of hydrogen-bond acceptors (Lipinski definition) is 6. The van der Waals surface area contributed by atoms with Gasteiger partial charge in [0, 0.05) is 16.8 Å². The lowest BCUT2D eigenvalue weighted by Gasteiger charge is -2.23. The molecule has 3 aromatic rings. The molecule has 6 heteroatoms. The van der Waals surface area contributed by atoms with Crippen molar-refractivity contribution in [2.75, 3.05) is 11.6 Å². The molecule has 0 aliphatic carbocycles. The van der Waals surface area contributed by atoms with E-state index < -0.39 is 0 Å². The largest absolute Gasteiger partial charge is 0.448 e. The number of hydrogen-bond donors (Lipinski definition) is 1. The fourth-order valence-electron chi connectivity index (χ4n) is 3.47. The summed E-state index contributed by atoms with van der Waals surface area (Å²) >= 11 is 1.45. The molecule has 1 aliphatic rings. The molecule has 1 atom stereocenters. The van der Waals surface area contributed by atoms with Gasteiger partial charge in [0.1, 0.15) is 0 Å². The van der Waals surface area contributed by atoms with Crippen LogP contribution >= 0.6 is 11.8 Å². The molecule has 0 fully saturated rings. The van der Waals surface area contributed by atoms with Crippen molar-refractivity contribution in [1.82, 2.24) is 15.2 Å². The van der Waals surface area contributed by atoms with E-state index in [0.717, 1.165) is 16.8 Å². The van der Waals surface area contributed by atoms with E-state index in [2.05, 4.69) is 53.4 Å². The van der Waals surface area contributed by atoms with Crippen LogP contribution in [0.2, 0.25) is 0 Å². The van der Waals surface area contributed by atoms with Gasteiger partial charge in [0.05, 0.1) is 0 Å². The van der Waals surface area contributed by atoms with Crippen molar-refractivity contribution in [3.05, 3.63) is 58.7 Å². The van der Waals surface area contributed by atoms with Crippen LogP contribution in [0.15, 0.2) is 41.6 Å². The van der Waals surface area contributed by atoms with Crippen LogP contribution in [0.4, 0.5) is 5.69 Å². The quantitative estimate of drug-likeness (QED) is 0.666. The van der Waals surface area contributed by atoms with Crippen LogP contribution in [0.25, 0.3) is 11.3 Å². The molecule has 26 heavy (non-hydrogen) atoms. The second-order valence-electron chi connectivity index (χ2n) is 6.45. The van der Waals surface area contributed by atoms with E-state index in [4.69, 9.17) is 4.74 Å². The van der Waals surface area contributed by atoms with Gasteiger partial charge in [-0.2, -0.15) is 4.98 Å². The first-order valence-corrected chi connectivity index (χ1v) is 9.68. The molecular weight excluding hydrogens is 344 g/mol. The number of nitrogens with one attached hydrogen (secondary N) is 1. The van der Waals surface area contributed by atoms with E-state index in [0.29, 0.717) is 16.7 Å². The molecule has 0 saturated heterocycles. The average Bonchev–Trinajstić information content (AvgIpc) is 2.76. The molecule has 1 aliphatic heterocycles. The van der Waals surface area contributed by atoms with Crippen molar-refractivity contribution in [3.8, 4) is 17.1 Å². The van der Waals surface area contributed by atoms with Crippen LogP contribution in [0, 0.1) is 20.8 Å². The number of aromatic nitrogens is 3. The van der Waals surface area contributed by atoms with Crippen LogP contribution in [0.1, 0.15) is 28.5 Å². The maximum Gasteiger partial charge on any atom is 0.247 e. The van der Waals surface area contributed by atoms with Crippen LogP contribution in [-0.2, 0) is 0 Å². The summed E-state index contributed by atoms with van der Waals surface area (Å²) in [6.07, 6.45) is 1.59. The SMILES string of the molecule is CSc1nnc2c(n1)OC(c1c(C)cc(C)cc1C)Nc1ccccc1-2. The van der Waals surface area contributed by atoms with Crippen molar-refractivity contribution < 1.29 is 4.74 Å². The molecular formula is C20H20N4OS. The maximum absolute atomic E-state index is 6.33. The van der Waals surface area contributed by atoms with Gasteiger partial charge in [0.25, 0.3) is 0 Å². The number of para-hydroxylation sites is 1. The Labute approximate surface area is 157 Å². The fourth-order valence-corrected chi connectivity index (χ4v) is 3.77. The van der Waals surface area contributed by atoms with E-state index in [9.17, 15) is 0 Å². The second kappa shape index (κ2) is 6.61. The van der Waals surface area contributed by atoms with Crippen LogP contribution in [0.3, 0.4) is 0 Å². The summed E-state index contributed by atoms with van der Waals surface area (Å²) in [6, 6.07) is 12.4. The molecule has 1 unspecified atom stereocenters. The van der Waals surface area contributed by atoms with Crippen molar-refractivity contribution in [2.24, 2.45) is 0 Å². The number of rotatable bonds is 2. The van der Waals surface area contributed by atoms with Gasteiger partial charge in [-0.1, -0.05) is 47.7 Å². The lowest BCUT2D eigenvalue weighted by Crippen LogP contribution is -2.19. The third kappa shape index (κ3) is 2.90. The molecule has 4 rings (SSSR count). The fraction of sp³-hybridized carbons (Fsp3) is 0.250. The summed E-state index contributed by atoms with van der Waals surface area (Å²) in [4.78, 5) is 4.57. The van der Waals surface area contributed by atoms with Gasteiger partial charge in [0.2, 0.25) is 11.0 Å². The van der Waals surface area contributed by atoms with E-state index in [1.165, 1.54) is 28.5 Å². The molecule has 0 radical (unpaired) electrons. The second-order valence-corrected chi connectivity index (χ2v) is 7.23. The molecule has 0 amide bonds. The number of ether oxygens (including phenoxy) is 1. The topological polar surface area (TPSA) is 59.9 Å². The number of nitrogens with zero attached hydrogens (tertiary/aromatic N) is 3. The number of anilines is 1. The minimum Gasteiger partial charge on any atom is -0.448 e. The zero-order valence-corrected chi connectivity index (χ0v) is 16.0. The van der Waals surface area contributed by atoms with Gasteiger partial charge in [-0.3, -0.25) is 0 Å². The molecule has 0 saturated carbocycles. The molecule has 2 aromatic carbocycles. The Morgan fingerprint density at radius 3 is 2.50 bits per heavy atom. The first kappa shape index (κ1) is 16.8. The Morgan fingerprint density at radius 1 is 1.04 bits per heavy atom. The van der Waals surface area contributed by atoms with Gasteiger partial charge < -0.3 is 10.1 Å². The normalized spacial score (nSPS) is 15.3. The number of aryl methyl sites for hydroxylation is 3. The van der Waals surface area contributed by atoms with E-state index in [1.807, 2.05) is 30.5 Å². The highest BCUT2D eigenvalue weighted by atomic mass is 32.2. The monoisotopic (exact) mass is 364 g/mol. The zero-order chi connectivity index (χ0) is 18.3. The summed E-state index contributed by atoms with van der Waals surface area (Å²) in [5.74, 6) is 0.506. The van der Waals surface area contributed by atoms with Crippen LogP contribution < -0.4 is 10.1 Å². The molecule has 0 bridgehead atoms. The Kier molecular flexibility index (Phi) is 4.28. The van der Waals surface area contributed by atoms with Gasteiger partial charge >= 0.3 is 0 Å². The number of thioether (sulfide) groups is 1. The molecule has 132 valence electrons. The highest BCUT2D eigenvalue weighted by Crippen LogP contribution is 2.40. The lowest BCUT2D eigenvalue weighted by atomic mass is 9.98. The summed E-state index contributed by atoms with van der Waals surface area (Å²) < 4.78 is 6.33. The average molecular weight is 364 g/mol. The highest BCUT2D eigenvalue weighted by Gasteiger charge is 2.27. The van der Waals surface area contributed by atoms with Gasteiger partial charge in [-0.15, -0.1) is 10.2 Å². The Morgan fingerprint density at radius 2 is 1.77 bits per heavy atom. The predicted octanol–water partition coefficient (Wildman–Crippen LogP) is 4.69. The van der Waals surface area contributed by atoms with Gasteiger partial charge in [0.15, 0.2) is 11.9 Å². The Hall–Kier alpha value is -2.60. The minimum atomic E-state index is -0.343. The Bertz CT molecular complexity index is 966. The minimum absolute atomic E-state index is 0.343. The summed E-state index contributed by atoms with van der Waals surface area (Å²) in [7, 11) is 0. The van der Waals surface area contributed by atoms with Crippen molar-refractivity contribution in [3.63, 3.8) is 0 Å². The lowest BCUT2D eigenvalue weighted by molar-refractivity contribution is 0.224. The van der Waals surface area contributed by atoms with Crippen molar-refractivity contribution in [2.45, 2.75) is 32.2 Å². The highest BCUT2D eigenvalue weighted by molar-refractivity contribution is 7.98. The number of benzene rings is 2. The van der Waals surface area contributed by atoms with Gasteiger partial charge in [-0.25, -0.2) is 0 Å². The van der Waals surface area contributed by atoms with Crippen molar-refractivity contribution >= 4 is 17.4 Å². The molecule has 2 heterocycles. The maximum atomic E-state index is 6.33. The summed E-state index contributed by atoms with van der Waals surface area (Å²) in [5.41, 5.74) is 7.31. The summed E-state index contributed by atoms with van der Waals surface area (Å²) in [5, 5.41) is 12.7. The van der Waals surface area contributed by atoms with E-state index in [-0.39, 0.29) is 6.23 Å². The predicted molar refractivity (Wildman–Crippen MR) is 105 cm³/mol. The third-order valence-corrected chi connectivity index (χ3v) is 5.05. The number of fused-ring (bicyclic) bond motifs is 3. The smallest absolute Gasteiger partial charge is 0.247 e. The van der Waals surface area contributed by atoms with Crippen molar-refractivity contribution in [1.29, 1.82) is 0 Å². The van der Waals surface area contributed by atoms with Gasteiger partial charge in [-0.05, 0) is 44.2 Å². The first-order chi connectivity index (χ1) is 12.6.